The van der Waals surface area contributed by atoms with Crippen molar-refractivity contribution >= 4 is 15.7 Å². The first-order valence-electron chi connectivity index (χ1n) is 9.32. The highest BCUT2D eigenvalue weighted by atomic mass is 32.2. The predicted octanol–water partition coefficient (Wildman–Crippen LogP) is 3.66. The topological polar surface area (TPSA) is 63.7 Å². The Morgan fingerprint density at radius 1 is 0.862 bits per heavy atom. The maximum absolute atomic E-state index is 12.7. The Balaban J connectivity index is 1.42. The Bertz CT molecular complexity index is 1100. The summed E-state index contributed by atoms with van der Waals surface area (Å²) in [5.41, 5.74) is 2.68. The fraction of sp³-hybridized carbons (Fsp3) is 0.174. The van der Waals surface area contributed by atoms with Gasteiger partial charge in [-0.1, -0.05) is 42.5 Å². The van der Waals surface area contributed by atoms with E-state index in [1.807, 2.05) is 42.5 Å². The van der Waals surface area contributed by atoms with Crippen LogP contribution in [0.3, 0.4) is 0 Å². The van der Waals surface area contributed by atoms with E-state index in [0.29, 0.717) is 11.3 Å². The molecule has 1 fully saturated rings. The quantitative estimate of drug-likeness (QED) is 0.648. The first-order valence-corrected chi connectivity index (χ1v) is 10.9. The molecule has 29 heavy (non-hydrogen) atoms. The van der Waals surface area contributed by atoms with Crippen LogP contribution in [0.25, 0.3) is 11.1 Å². The van der Waals surface area contributed by atoms with Crippen molar-refractivity contribution in [1.82, 2.24) is 4.90 Å². The summed E-state index contributed by atoms with van der Waals surface area (Å²) in [5, 5.41) is -0.580. The van der Waals surface area contributed by atoms with Gasteiger partial charge in [-0.05, 0) is 47.5 Å². The molecule has 3 aromatic rings. The minimum absolute atomic E-state index is 0.147. The summed E-state index contributed by atoms with van der Waals surface area (Å²) in [6.07, 6.45) is 0. The average Bonchev–Trinajstić information content (AvgIpc) is 2.73. The number of hydrogen-bond donors (Lipinski definition) is 0. The number of hydrogen-bond acceptors (Lipinski definition) is 4. The van der Waals surface area contributed by atoms with Crippen molar-refractivity contribution in [2.24, 2.45) is 0 Å². The number of carbonyl (C=O) groups is 1. The molecule has 1 aliphatic rings. The smallest absolute Gasteiger partial charge is 0.253 e. The molecule has 5 nitrogen and oxygen atoms in total. The summed E-state index contributed by atoms with van der Waals surface area (Å²) in [4.78, 5) is 14.5. The Hall–Kier alpha value is -3.12. The summed E-state index contributed by atoms with van der Waals surface area (Å²) in [7, 11) is -1.93. The van der Waals surface area contributed by atoms with Gasteiger partial charge in [-0.25, -0.2) is 8.42 Å². The van der Waals surface area contributed by atoms with Crippen molar-refractivity contribution in [2.75, 3.05) is 20.2 Å². The minimum atomic E-state index is -3.47. The Morgan fingerprint density at radius 2 is 1.45 bits per heavy atom. The van der Waals surface area contributed by atoms with E-state index in [0.717, 1.165) is 11.1 Å². The van der Waals surface area contributed by atoms with Crippen LogP contribution in [0.5, 0.6) is 5.75 Å². The van der Waals surface area contributed by atoms with Crippen LogP contribution >= 0.6 is 0 Å². The number of likely N-dealkylation sites (tertiary alicyclic amines) is 1. The first kappa shape index (κ1) is 19.2. The zero-order valence-electron chi connectivity index (χ0n) is 16.0. The number of carbonyl (C=O) groups excluding carboxylic acids is 1. The van der Waals surface area contributed by atoms with E-state index < -0.39 is 15.1 Å². The number of rotatable bonds is 5. The summed E-state index contributed by atoms with van der Waals surface area (Å²) in [6, 6.07) is 23.7. The van der Waals surface area contributed by atoms with E-state index >= 15 is 0 Å². The third-order valence-corrected chi connectivity index (χ3v) is 7.31. The molecule has 0 aromatic heterocycles. The Morgan fingerprint density at radius 3 is 2.03 bits per heavy atom. The zero-order chi connectivity index (χ0) is 20.4. The van der Waals surface area contributed by atoms with Crippen LogP contribution in [0.2, 0.25) is 0 Å². The van der Waals surface area contributed by atoms with Gasteiger partial charge in [-0.3, -0.25) is 4.79 Å². The molecular weight excluding hydrogens is 386 g/mol. The van der Waals surface area contributed by atoms with Crippen molar-refractivity contribution in [3.8, 4) is 16.9 Å². The second-order valence-corrected chi connectivity index (χ2v) is 9.22. The lowest BCUT2D eigenvalue weighted by atomic mass is 10.0. The third-order valence-electron chi connectivity index (χ3n) is 5.20. The summed E-state index contributed by atoms with van der Waals surface area (Å²) in [6.45, 7) is 0.404. The van der Waals surface area contributed by atoms with Gasteiger partial charge in [0.2, 0.25) is 0 Å². The number of nitrogens with zero attached hydrogens (tertiary/aromatic N) is 1. The van der Waals surface area contributed by atoms with Crippen molar-refractivity contribution in [2.45, 2.75) is 10.1 Å². The van der Waals surface area contributed by atoms with Gasteiger partial charge >= 0.3 is 0 Å². The maximum atomic E-state index is 12.7. The molecule has 0 N–H and O–H groups in total. The zero-order valence-corrected chi connectivity index (χ0v) is 16.8. The van der Waals surface area contributed by atoms with E-state index in [9.17, 15) is 13.2 Å². The molecule has 148 valence electrons. The van der Waals surface area contributed by atoms with Crippen LogP contribution in [0.4, 0.5) is 0 Å². The highest BCUT2D eigenvalue weighted by molar-refractivity contribution is 7.92. The molecule has 3 aromatic carbocycles. The SMILES string of the molecule is COc1ccc(S(=O)(=O)C2CN(C(=O)c3ccc(-c4ccccc4)cc3)C2)cc1. The highest BCUT2D eigenvalue weighted by Crippen LogP contribution is 2.27. The van der Waals surface area contributed by atoms with Gasteiger partial charge in [-0.15, -0.1) is 0 Å². The van der Waals surface area contributed by atoms with Crippen LogP contribution in [0, 0.1) is 0 Å². The summed E-state index contributed by atoms with van der Waals surface area (Å²) < 4.78 is 30.6. The lowest BCUT2D eigenvalue weighted by Crippen LogP contribution is -2.56. The fourth-order valence-electron chi connectivity index (χ4n) is 3.38. The molecule has 6 heteroatoms. The predicted molar refractivity (Wildman–Crippen MR) is 112 cm³/mol. The molecule has 0 atom stereocenters. The van der Waals surface area contributed by atoms with Crippen molar-refractivity contribution in [1.29, 1.82) is 0 Å². The van der Waals surface area contributed by atoms with Gasteiger partial charge in [0.15, 0.2) is 9.84 Å². The second kappa shape index (κ2) is 7.72. The first-order chi connectivity index (χ1) is 14.0. The largest absolute Gasteiger partial charge is 0.497 e. The van der Waals surface area contributed by atoms with Gasteiger partial charge in [-0.2, -0.15) is 0 Å². The lowest BCUT2D eigenvalue weighted by molar-refractivity contribution is 0.0659. The van der Waals surface area contributed by atoms with Crippen molar-refractivity contribution in [3.63, 3.8) is 0 Å². The van der Waals surface area contributed by atoms with Gasteiger partial charge < -0.3 is 9.64 Å². The van der Waals surface area contributed by atoms with E-state index in [1.54, 1.807) is 41.3 Å². The van der Waals surface area contributed by atoms with Crippen molar-refractivity contribution in [3.05, 3.63) is 84.4 Å². The molecule has 1 heterocycles. The molecule has 1 amide bonds. The van der Waals surface area contributed by atoms with Crippen LogP contribution in [0.15, 0.2) is 83.8 Å². The van der Waals surface area contributed by atoms with Crippen LogP contribution in [0.1, 0.15) is 10.4 Å². The average molecular weight is 407 g/mol. The fourth-order valence-corrected chi connectivity index (χ4v) is 5.03. The monoisotopic (exact) mass is 407 g/mol. The van der Waals surface area contributed by atoms with E-state index in [2.05, 4.69) is 0 Å². The number of amides is 1. The summed E-state index contributed by atoms with van der Waals surface area (Å²) >= 11 is 0. The third kappa shape index (κ3) is 3.76. The molecular formula is C23H21NO4S. The van der Waals surface area contributed by atoms with E-state index in [-0.39, 0.29) is 23.9 Å². The maximum Gasteiger partial charge on any atom is 0.253 e. The molecule has 1 saturated heterocycles. The minimum Gasteiger partial charge on any atom is -0.497 e. The van der Waals surface area contributed by atoms with Gasteiger partial charge in [0.1, 0.15) is 11.0 Å². The normalized spacial score (nSPS) is 14.3. The number of ether oxygens (including phenoxy) is 1. The molecule has 0 unspecified atom stereocenters. The lowest BCUT2D eigenvalue weighted by Gasteiger charge is -2.38. The molecule has 4 rings (SSSR count). The standard InChI is InChI=1S/C23H21NO4S/c1-28-20-11-13-21(14-12-20)29(26,27)22-15-24(16-22)23(25)19-9-7-18(8-10-19)17-5-3-2-4-6-17/h2-14,22H,15-16H2,1H3. The second-order valence-electron chi connectivity index (χ2n) is 7.00. The summed E-state index contributed by atoms with van der Waals surface area (Å²) in [5.74, 6) is 0.458. The Labute approximate surface area is 170 Å². The number of sulfone groups is 1. The molecule has 0 radical (unpaired) electrons. The van der Waals surface area contributed by atoms with E-state index in [1.165, 1.54) is 7.11 Å². The molecule has 0 saturated carbocycles. The molecule has 0 aliphatic carbocycles. The van der Waals surface area contributed by atoms with Crippen LogP contribution < -0.4 is 4.74 Å². The number of benzene rings is 3. The Kier molecular flexibility index (Phi) is 5.11. The molecule has 0 spiro atoms. The van der Waals surface area contributed by atoms with Gasteiger partial charge in [0.05, 0.1) is 12.0 Å². The van der Waals surface area contributed by atoms with Crippen LogP contribution in [-0.2, 0) is 9.84 Å². The van der Waals surface area contributed by atoms with Gasteiger partial charge in [0.25, 0.3) is 5.91 Å². The van der Waals surface area contributed by atoms with Crippen molar-refractivity contribution < 1.29 is 17.9 Å². The van der Waals surface area contributed by atoms with E-state index in [4.69, 9.17) is 4.74 Å². The van der Waals surface area contributed by atoms with Crippen LogP contribution in [-0.4, -0.2) is 44.7 Å². The van der Waals surface area contributed by atoms with Gasteiger partial charge in [0, 0.05) is 18.7 Å². The highest BCUT2D eigenvalue weighted by Gasteiger charge is 2.40. The molecule has 1 aliphatic heterocycles. The molecule has 0 bridgehead atoms. The number of methoxy groups -OCH3 is 1.